The number of ether oxygens (including phenoxy) is 1. The maximum absolute atomic E-state index is 16.3. The highest BCUT2D eigenvalue weighted by molar-refractivity contribution is 5.45. The molecule has 192 valence electrons. The van der Waals surface area contributed by atoms with E-state index in [2.05, 4.69) is 15.5 Å². The van der Waals surface area contributed by atoms with Crippen molar-refractivity contribution in [1.29, 1.82) is 0 Å². The number of halogens is 7. The van der Waals surface area contributed by atoms with Crippen LogP contribution in [0.25, 0.3) is 0 Å². The first-order valence-corrected chi connectivity index (χ1v) is 10.9. The third-order valence-electron chi connectivity index (χ3n) is 7.34. The third kappa shape index (κ3) is 3.71. The quantitative estimate of drug-likeness (QED) is 0.447. The number of alkyl halides is 5. The normalized spacial score (nSPS) is 25.0. The molecule has 0 unspecified atom stereocenters. The molecule has 13 heteroatoms. The van der Waals surface area contributed by atoms with Gasteiger partial charge in [0.2, 0.25) is 0 Å². The number of benzene rings is 2. The van der Waals surface area contributed by atoms with Crippen LogP contribution in [0.2, 0.25) is 0 Å². The molecule has 36 heavy (non-hydrogen) atoms. The molecular formula is C23H20F7N5O. The molecule has 3 saturated carbocycles. The van der Waals surface area contributed by atoms with Gasteiger partial charge in [-0.05, 0) is 58.9 Å². The van der Waals surface area contributed by atoms with E-state index >= 15 is 8.78 Å². The summed E-state index contributed by atoms with van der Waals surface area (Å²) in [5.41, 5.74) is 1.68. The fourth-order valence-corrected chi connectivity index (χ4v) is 5.68. The van der Waals surface area contributed by atoms with Crippen LogP contribution < -0.4 is 10.5 Å². The Balaban J connectivity index is 1.39. The Morgan fingerprint density at radius 2 is 1.64 bits per heavy atom. The highest BCUT2D eigenvalue weighted by Crippen LogP contribution is 2.80. The lowest BCUT2D eigenvalue weighted by molar-refractivity contribution is -0.310. The minimum Gasteiger partial charge on any atom is -0.484 e. The van der Waals surface area contributed by atoms with Crippen LogP contribution in [0.5, 0.6) is 5.75 Å². The number of rotatable bonds is 8. The standard InChI is InChI=1S/C23H20F7N5O/c24-15-3-6-17(18(25)7-15)21(31,11-35-13-32-33-34-35)23(29,30)20-8-19(9-20,10-20)14-1-4-16(5-2-14)36-12-22(26,27)28/h1-7,13H,8-12,31H2/t19?,20?,21-/m1/s1. The van der Waals surface area contributed by atoms with Crippen LogP contribution in [0.15, 0.2) is 48.8 Å². The first-order chi connectivity index (χ1) is 16.8. The summed E-state index contributed by atoms with van der Waals surface area (Å²) in [5.74, 6) is -5.78. The largest absolute Gasteiger partial charge is 0.484 e. The molecule has 6 nitrogen and oxygen atoms in total. The highest BCUT2D eigenvalue weighted by Gasteiger charge is 2.81. The van der Waals surface area contributed by atoms with E-state index in [1.807, 2.05) is 0 Å². The smallest absolute Gasteiger partial charge is 0.422 e. The first kappa shape index (κ1) is 24.5. The highest BCUT2D eigenvalue weighted by atomic mass is 19.4. The van der Waals surface area contributed by atoms with Gasteiger partial charge in [-0.3, -0.25) is 0 Å². The molecule has 1 aromatic heterocycles. The Bertz CT molecular complexity index is 1240. The van der Waals surface area contributed by atoms with Gasteiger partial charge in [-0.25, -0.2) is 22.2 Å². The Morgan fingerprint density at radius 1 is 0.972 bits per heavy atom. The summed E-state index contributed by atoms with van der Waals surface area (Å²) >= 11 is 0. The average molecular weight is 515 g/mol. The molecule has 3 fully saturated rings. The van der Waals surface area contributed by atoms with Crippen LogP contribution in [0.1, 0.15) is 30.4 Å². The van der Waals surface area contributed by atoms with E-state index in [9.17, 15) is 22.0 Å². The molecule has 3 aliphatic carbocycles. The summed E-state index contributed by atoms with van der Waals surface area (Å²) in [6.07, 6.45) is -3.30. The summed E-state index contributed by atoms with van der Waals surface area (Å²) < 4.78 is 104. The zero-order valence-corrected chi connectivity index (χ0v) is 18.6. The van der Waals surface area contributed by atoms with E-state index in [-0.39, 0.29) is 25.0 Å². The van der Waals surface area contributed by atoms with Crippen molar-refractivity contribution in [3.8, 4) is 5.75 Å². The number of nitrogens with zero attached hydrogens (tertiary/aromatic N) is 4. The second kappa shape index (κ2) is 7.89. The van der Waals surface area contributed by atoms with Crippen molar-refractivity contribution in [1.82, 2.24) is 20.2 Å². The lowest BCUT2D eigenvalue weighted by Gasteiger charge is -2.74. The lowest BCUT2D eigenvalue weighted by Crippen LogP contribution is -2.77. The molecule has 0 saturated heterocycles. The van der Waals surface area contributed by atoms with Gasteiger partial charge in [-0.2, -0.15) is 13.2 Å². The monoisotopic (exact) mass is 515 g/mol. The van der Waals surface area contributed by atoms with Crippen molar-refractivity contribution in [3.63, 3.8) is 0 Å². The second-order valence-electron chi connectivity index (χ2n) is 9.70. The summed E-state index contributed by atoms with van der Waals surface area (Å²) in [6.45, 7) is -2.10. The van der Waals surface area contributed by atoms with Gasteiger partial charge in [-0.15, -0.1) is 5.10 Å². The second-order valence-corrected chi connectivity index (χ2v) is 9.70. The van der Waals surface area contributed by atoms with E-state index in [0.717, 1.165) is 23.1 Å². The predicted molar refractivity (Wildman–Crippen MR) is 111 cm³/mol. The third-order valence-corrected chi connectivity index (χ3v) is 7.34. The SMILES string of the molecule is N[C@](Cn1cnnn1)(c1ccc(F)cc1F)C(F)(F)C12CC(c3ccc(OCC(F)(F)F)cc3)(C1)C2. The van der Waals surface area contributed by atoms with E-state index in [1.54, 1.807) is 12.1 Å². The van der Waals surface area contributed by atoms with Crippen molar-refractivity contribution in [3.05, 3.63) is 71.6 Å². The van der Waals surface area contributed by atoms with Crippen LogP contribution in [0, 0.1) is 17.0 Å². The van der Waals surface area contributed by atoms with Gasteiger partial charge in [0.15, 0.2) is 6.61 Å². The van der Waals surface area contributed by atoms with Gasteiger partial charge in [0, 0.05) is 17.0 Å². The number of hydrogen-bond acceptors (Lipinski definition) is 5. The Kier molecular flexibility index (Phi) is 5.36. The van der Waals surface area contributed by atoms with Gasteiger partial charge in [0.05, 0.1) is 6.54 Å². The van der Waals surface area contributed by atoms with Crippen molar-refractivity contribution in [2.24, 2.45) is 11.1 Å². The molecule has 0 amide bonds. The van der Waals surface area contributed by atoms with Crippen LogP contribution in [-0.4, -0.2) is 38.9 Å². The topological polar surface area (TPSA) is 78.9 Å². The number of hydrogen-bond donors (Lipinski definition) is 1. The fraction of sp³-hybridized carbons (Fsp3) is 0.435. The van der Waals surface area contributed by atoms with Crippen molar-refractivity contribution in [2.45, 2.75) is 48.9 Å². The maximum Gasteiger partial charge on any atom is 0.422 e. The average Bonchev–Trinajstić information content (AvgIpc) is 3.23. The van der Waals surface area contributed by atoms with E-state index in [1.165, 1.54) is 12.1 Å². The molecule has 1 heterocycles. The van der Waals surface area contributed by atoms with Gasteiger partial charge < -0.3 is 10.5 Å². The summed E-state index contributed by atoms with van der Waals surface area (Å²) in [5, 5.41) is 10.4. The van der Waals surface area contributed by atoms with Crippen molar-refractivity contribution in [2.75, 3.05) is 6.61 Å². The molecule has 2 N–H and O–H groups in total. The number of tetrazole rings is 1. The maximum atomic E-state index is 16.3. The van der Waals surface area contributed by atoms with Crippen molar-refractivity contribution >= 4 is 0 Å². The molecule has 6 rings (SSSR count). The zero-order chi connectivity index (χ0) is 26.0. The molecule has 1 atom stereocenters. The van der Waals surface area contributed by atoms with Crippen LogP contribution in [0.4, 0.5) is 30.7 Å². The van der Waals surface area contributed by atoms with Crippen LogP contribution >= 0.6 is 0 Å². The first-order valence-electron chi connectivity index (χ1n) is 10.9. The molecule has 0 radical (unpaired) electrons. The molecule has 0 aliphatic heterocycles. The minimum atomic E-state index is -4.48. The van der Waals surface area contributed by atoms with Crippen LogP contribution in [0.3, 0.4) is 0 Å². The zero-order valence-electron chi connectivity index (χ0n) is 18.6. The summed E-state index contributed by atoms with van der Waals surface area (Å²) in [4.78, 5) is 0. The van der Waals surface area contributed by atoms with Gasteiger partial charge in [0.25, 0.3) is 5.92 Å². The Labute approximate surface area is 200 Å². The van der Waals surface area contributed by atoms with E-state index < -0.39 is 58.8 Å². The summed E-state index contributed by atoms with van der Waals surface area (Å²) in [6, 6.07) is 8.12. The van der Waals surface area contributed by atoms with Gasteiger partial charge in [0.1, 0.15) is 29.3 Å². The molecule has 3 aliphatic rings. The molecular weight excluding hydrogens is 495 g/mol. The predicted octanol–water partition coefficient (Wildman–Crippen LogP) is 4.50. The van der Waals surface area contributed by atoms with Gasteiger partial charge >= 0.3 is 6.18 Å². The molecule has 3 aromatic rings. The Hall–Kier alpha value is -3.22. The molecule has 2 aromatic carbocycles. The van der Waals surface area contributed by atoms with Gasteiger partial charge in [-0.1, -0.05) is 18.2 Å². The Morgan fingerprint density at radius 3 is 2.19 bits per heavy atom. The van der Waals surface area contributed by atoms with Crippen molar-refractivity contribution < 1.29 is 35.5 Å². The molecule has 2 bridgehead atoms. The number of aromatic nitrogens is 4. The van der Waals surface area contributed by atoms with Crippen LogP contribution in [-0.2, 0) is 17.5 Å². The molecule has 0 spiro atoms. The lowest BCUT2D eigenvalue weighted by atomic mass is 9.30. The van der Waals surface area contributed by atoms with E-state index in [4.69, 9.17) is 10.5 Å². The minimum absolute atomic E-state index is 0.0110. The fourth-order valence-electron chi connectivity index (χ4n) is 5.68. The summed E-state index contributed by atoms with van der Waals surface area (Å²) in [7, 11) is 0. The van der Waals surface area contributed by atoms with E-state index in [0.29, 0.717) is 11.6 Å². The number of nitrogens with two attached hydrogens (primary N) is 1.